The molecule has 2 aromatic heterocycles. The van der Waals surface area contributed by atoms with Crippen molar-refractivity contribution in [2.24, 2.45) is 0 Å². The van der Waals surface area contributed by atoms with E-state index < -0.39 is 0 Å². The molecular formula is C14H15N3O. The summed E-state index contributed by atoms with van der Waals surface area (Å²) in [5.74, 6) is 0.828. The van der Waals surface area contributed by atoms with Crippen LogP contribution >= 0.6 is 0 Å². The Morgan fingerprint density at radius 1 is 1.22 bits per heavy atom. The van der Waals surface area contributed by atoms with Gasteiger partial charge in [0.2, 0.25) is 0 Å². The lowest BCUT2D eigenvalue weighted by molar-refractivity contribution is 0.589. The lowest BCUT2D eigenvalue weighted by Crippen LogP contribution is -1.85. The van der Waals surface area contributed by atoms with Crippen molar-refractivity contribution >= 4 is 16.9 Å². The molecule has 2 N–H and O–H groups in total. The van der Waals surface area contributed by atoms with Gasteiger partial charge < -0.3 is 14.7 Å². The largest absolute Gasteiger partial charge is 0.423 e. The second-order valence-electron chi connectivity index (χ2n) is 4.35. The van der Waals surface area contributed by atoms with E-state index in [1.807, 2.05) is 19.1 Å². The minimum atomic E-state index is 0.548. The van der Waals surface area contributed by atoms with Gasteiger partial charge in [0.25, 0.3) is 6.01 Å². The summed E-state index contributed by atoms with van der Waals surface area (Å²) in [4.78, 5) is 7.71. The third-order valence-electron chi connectivity index (χ3n) is 3.13. The topological polar surface area (TPSA) is 53.9 Å². The monoisotopic (exact) mass is 241 g/mol. The number of H-pyrrole nitrogens is 1. The smallest absolute Gasteiger partial charge is 0.295 e. The predicted molar refractivity (Wildman–Crippen MR) is 72.8 cm³/mol. The number of fused-ring (bicyclic) bond motifs is 1. The van der Waals surface area contributed by atoms with Crippen molar-refractivity contribution in [2.45, 2.75) is 13.8 Å². The fourth-order valence-electron chi connectivity index (χ4n) is 2.30. The van der Waals surface area contributed by atoms with Gasteiger partial charge in [-0.25, -0.2) is 0 Å². The molecule has 3 rings (SSSR count). The lowest BCUT2D eigenvalue weighted by Gasteiger charge is -1.97. The van der Waals surface area contributed by atoms with Crippen molar-refractivity contribution in [3.05, 3.63) is 35.7 Å². The number of aromatic nitrogens is 2. The fraction of sp³-hybridized carbons (Fsp3) is 0.214. The molecule has 4 heteroatoms. The average Bonchev–Trinajstić information content (AvgIpc) is 2.88. The highest BCUT2D eigenvalue weighted by Crippen LogP contribution is 2.35. The number of anilines is 1. The molecule has 18 heavy (non-hydrogen) atoms. The van der Waals surface area contributed by atoms with Crippen LogP contribution in [0.15, 0.2) is 28.7 Å². The number of nitrogens with zero attached hydrogens (tertiary/aromatic N) is 1. The Balaban J connectivity index is 2.30. The molecular weight excluding hydrogens is 226 g/mol. The van der Waals surface area contributed by atoms with Crippen molar-refractivity contribution in [3.8, 4) is 11.3 Å². The van der Waals surface area contributed by atoms with Crippen LogP contribution in [0.5, 0.6) is 0 Å². The molecule has 2 heterocycles. The zero-order valence-electron chi connectivity index (χ0n) is 10.7. The highest BCUT2D eigenvalue weighted by Gasteiger charge is 2.17. The summed E-state index contributed by atoms with van der Waals surface area (Å²) in [5.41, 5.74) is 4.20. The number of benzene rings is 1. The first-order chi connectivity index (χ1) is 8.70. The van der Waals surface area contributed by atoms with Crippen LogP contribution in [0.4, 0.5) is 6.01 Å². The molecule has 0 amide bonds. The molecule has 0 atom stereocenters. The third-order valence-corrected chi connectivity index (χ3v) is 3.13. The quantitative estimate of drug-likeness (QED) is 0.722. The molecule has 0 unspecified atom stereocenters. The average molecular weight is 241 g/mol. The minimum absolute atomic E-state index is 0.548. The van der Waals surface area contributed by atoms with Crippen LogP contribution in [0.25, 0.3) is 22.2 Å². The van der Waals surface area contributed by atoms with E-state index in [-0.39, 0.29) is 0 Å². The first kappa shape index (κ1) is 10.9. The summed E-state index contributed by atoms with van der Waals surface area (Å²) >= 11 is 0. The summed E-state index contributed by atoms with van der Waals surface area (Å²) in [6.07, 6.45) is 0. The SMILES string of the molecule is CNc1nc(C)c(-c2c(C)[nH]c3ccccc23)o1. The molecule has 0 spiro atoms. The summed E-state index contributed by atoms with van der Waals surface area (Å²) in [6, 6.07) is 8.76. The van der Waals surface area contributed by atoms with Gasteiger partial charge in [0.05, 0.1) is 5.69 Å². The first-order valence-corrected chi connectivity index (χ1v) is 5.93. The maximum Gasteiger partial charge on any atom is 0.295 e. The number of hydrogen-bond acceptors (Lipinski definition) is 3. The molecule has 0 aliphatic carbocycles. The molecule has 0 aliphatic rings. The van der Waals surface area contributed by atoms with Crippen molar-refractivity contribution < 1.29 is 4.42 Å². The van der Waals surface area contributed by atoms with Gasteiger partial charge in [0.1, 0.15) is 0 Å². The Morgan fingerprint density at radius 3 is 2.72 bits per heavy atom. The molecule has 0 bridgehead atoms. The van der Waals surface area contributed by atoms with E-state index >= 15 is 0 Å². The zero-order chi connectivity index (χ0) is 12.7. The molecule has 0 saturated carbocycles. The number of aryl methyl sites for hydroxylation is 2. The van der Waals surface area contributed by atoms with Crippen molar-refractivity contribution in [1.82, 2.24) is 9.97 Å². The molecule has 0 radical (unpaired) electrons. The summed E-state index contributed by atoms with van der Waals surface area (Å²) in [5, 5.41) is 4.09. The molecule has 3 aromatic rings. The second kappa shape index (κ2) is 3.91. The molecule has 0 fully saturated rings. The van der Waals surface area contributed by atoms with Crippen LogP contribution in [0.2, 0.25) is 0 Å². The van der Waals surface area contributed by atoms with Crippen molar-refractivity contribution in [1.29, 1.82) is 0 Å². The normalized spacial score (nSPS) is 11.1. The molecule has 4 nitrogen and oxygen atoms in total. The molecule has 0 aliphatic heterocycles. The Bertz CT molecular complexity index is 709. The van der Waals surface area contributed by atoms with Gasteiger partial charge in [0, 0.05) is 29.2 Å². The summed E-state index contributed by atoms with van der Waals surface area (Å²) in [6.45, 7) is 4.01. The first-order valence-electron chi connectivity index (χ1n) is 5.93. The van der Waals surface area contributed by atoms with Gasteiger partial charge in [0.15, 0.2) is 5.76 Å². The number of rotatable bonds is 2. The van der Waals surface area contributed by atoms with Crippen LogP contribution < -0.4 is 5.32 Å². The number of oxazole rings is 1. The Kier molecular flexibility index (Phi) is 2.37. The number of nitrogens with one attached hydrogen (secondary N) is 2. The third kappa shape index (κ3) is 1.49. The van der Waals surface area contributed by atoms with Crippen molar-refractivity contribution in [2.75, 3.05) is 12.4 Å². The van der Waals surface area contributed by atoms with Crippen LogP contribution in [-0.4, -0.2) is 17.0 Å². The summed E-state index contributed by atoms with van der Waals surface area (Å²) in [7, 11) is 1.80. The van der Waals surface area contributed by atoms with Crippen LogP contribution in [0.1, 0.15) is 11.4 Å². The minimum Gasteiger partial charge on any atom is -0.423 e. The summed E-state index contributed by atoms with van der Waals surface area (Å²) < 4.78 is 5.75. The van der Waals surface area contributed by atoms with Gasteiger partial charge in [-0.15, -0.1) is 0 Å². The van der Waals surface area contributed by atoms with Crippen LogP contribution in [0.3, 0.4) is 0 Å². The number of hydrogen-bond donors (Lipinski definition) is 2. The maximum atomic E-state index is 5.75. The Labute approximate surface area is 105 Å². The number of aromatic amines is 1. The van der Waals surface area contributed by atoms with Gasteiger partial charge in [-0.05, 0) is 19.9 Å². The van der Waals surface area contributed by atoms with Crippen LogP contribution in [-0.2, 0) is 0 Å². The van der Waals surface area contributed by atoms with Gasteiger partial charge in [-0.1, -0.05) is 18.2 Å². The van der Waals surface area contributed by atoms with E-state index in [1.165, 1.54) is 0 Å². The Hall–Kier alpha value is -2.23. The van der Waals surface area contributed by atoms with Crippen molar-refractivity contribution in [3.63, 3.8) is 0 Å². The predicted octanol–water partition coefficient (Wildman–Crippen LogP) is 3.48. The van der Waals surface area contributed by atoms with E-state index in [4.69, 9.17) is 4.42 Å². The van der Waals surface area contributed by atoms with E-state index in [9.17, 15) is 0 Å². The Morgan fingerprint density at radius 2 is 2.00 bits per heavy atom. The molecule has 92 valence electrons. The zero-order valence-corrected chi connectivity index (χ0v) is 10.7. The lowest BCUT2D eigenvalue weighted by atomic mass is 10.1. The van der Waals surface area contributed by atoms with E-state index in [1.54, 1.807) is 7.05 Å². The van der Waals surface area contributed by atoms with E-state index in [2.05, 4.69) is 34.3 Å². The van der Waals surface area contributed by atoms with Gasteiger partial charge in [-0.2, -0.15) is 4.98 Å². The van der Waals surface area contributed by atoms with E-state index in [0.717, 1.165) is 33.6 Å². The molecule has 1 aromatic carbocycles. The van der Waals surface area contributed by atoms with Gasteiger partial charge in [-0.3, -0.25) is 0 Å². The highest BCUT2D eigenvalue weighted by molar-refractivity contribution is 5.96. The fourth-order valence-corrected chi connectivity index (χ4v) is 2.30. The molecule has 0 saturated heterocycles. The maximum absolute atomic E-state index is 5.75. The highest BCUT2D eigenvalue weighted by atomic mass is 16.4. The number of para-hydroxylation sites is 1. The standard InChI is InChI=1S/C14H15N3O/c1-8-12(10-6-4-5-7-11(10)16-8)13-9(2)17-14(15-3)18-13/h4-7,16H,1-3H3,(H,15,17). The van der Waals surface area contributed by atoms with E-state index in [0.29, 0.717) is 6.01 Å². The van der Waals surface area contributed by atoms with Gasteiger partial charge >= 0.3 is 0 Å². The second-order valence-corrected chi connectivity index (χ2v) is 4.35. The van der Waals surface area contributed by atoms with Crippen LogP contribution in [0, 0.1) is 13.8 Å².